The molecule has 0 bridgehead atoms. The first-order valence-electron chi connectivity index (χ1n) is 5.99. The van der Waals surface area contributed by atoms with Gasteiger partial charge in [-0.2, -0.15) is 4.72 Å². The Morgan fingerprint density at radius 2 is 1.95 bits per heavy atom. The lowest BCUT2D eigenvalue weighted by atomic mass is 10.0. The molecule has 0 radical (unpaired) electrons. The molecule has 0 heterocycles. The van der Waals surface area contributed by atoms with E-state index in [0.29, 0.717) is 12.8 Å². The molecule has 0 aromatic heterocycles. The van der Waals surface area contributed by atoms with Gasteiger partial charge in [-0.3, -0.25) is 4.79 Å². The summed E-state index contributed by atoms with van der Waals surface area (Å²) in [5, 5.41) is 9.31. The summed E-state index contributed by atoms with van der Waals surface area (Å²) in [6.07, 6.45) is 1.60. The van der Waals surface area contributed by atoms with E-state index in [9.17, 15) is 22.7 Å². The van der Waals surface area contributed by atoms with Crippen LogP contribution in [0, 0.1) is 5.82 Å². The second-order valence-corrected chi connectivity index (χ2v) is 6.86. The smallest absolute Gasteiger partial charge is 0.324 e. The van der Waals surface area contributed by atoms with E-state index >= 15 is 0 Å². The van der Waals surface area contributed by atoms with Crippen molar-refractivity contribution in [1.29, 1.82) is 0 Å². The first kappa shape index (κ1) is 15.2. The molecule has 0 amide bonds. The van der Waals surface area contributed by atoms with E-state index in [0.717, 1.165) is 12.1 Å². The molecule has 0 unspecified atom stereocenters. The van der Waals surface area contributed by atoms with Gasteiger partial charge >= 0.3 is 5.97 Å². The quantitative estimate of drug-likeness (QED) is 0.890. The van der Waals surface area contributed by atoms with Crippen molar-refractivity contribution in [1.82, 2.24) is 4.72 Å². The van der Waals surface area contributed by atoms with Crippen molar-refractivity contribution in [2.24, 2.45) is 0 Å². The number of nitrogens with one attached hydrogen (secondary N) is 1. The Kier molecular flexibility index (Phi) is 4.04. The maximum Gasteiger partial charge on any atom is 0.324 e. The molecular weight excluding hydrogens is 309 g/mol. The average Bonchev–Trinajstić information content (AvgIpc) is 2.77. The Bertz CT molecular complexity index is 641. The molecule has 1 aliphatic carbocycles. The van der Waals surface area contributed by atoms with Crippen molar-refractivity contribution >= 4 is 27.6 Å². The third-order valence-electron chi connectivity index (χ3n) is 3.38. The second-order valence-electron chi connectivity index (χ2n) is 4.77. The highest BCUT2D eigenvalue weighted by Gasteiger charge is 2.45. The normalized spacial score (nSPS) is 18.1. The molecule has 0 saturated heterocycles. The summed E-state index contributed by atoms with van der Waals surface area (Å²) in [4.78, 5) is 10.7. The number of hydrogen-bond acceptors (Lipinski definition) is 3. The number of carbonyl (C=O) groups is 1. The molecule has 1 fully saturated rings. The molecule has 2 rings (SSSR count). The fraction of sp³-hybridized carbons (Fsp3) is 0.417. The van der Waals surface area contributed by atoms with E-state index < -0.39 is 32.2 Å². The number of aliphatic carboxylic acids is 1. The zero-order valence-electron chi connectivity index (χ0n) is 10.4. The number of benzene rings is 1. The molecule has 2 N–H and O–H groups in total. The standard InChI is InChI=1S/C12H13ClFNO4S/c13-8-3-4-10(9(14)7-8)20(18,19)15-12(11(16)17)5-1-2-6-12/h3-4,7,15H,1-2,5-6H2,(H,16,17). The van der Waals surface area contributed by atoms with E-state index in [2.05, 4.69) is 4.72 Å². The average molecular weight is 322 g/mol. The van der Waals surface area contributed by atoms with E-state index in [-0.39, 0.29) is 17.9 Å². The Labute approximate surface area is 120 Å². The molecule has 0 aliphatic heterocycles. The molecule has 1 aliphatic rings. The summed E-state index contributed by atoms with van der Waals surface area (Å²) in [5.74, 6) is -2.25. The summed E-state index contributed by atoms with van der Waals surface area (Å²) in [5.41, 5.74) is -1.55. The molecular formula is C12H13ClFNO4S. The Balaban J connectivity index is 2.38. The zero-order valence-corrected chi connectivity index (χ0v) is 12.0. The summed E-state index contributed by atoms with van der Waals surface area (Å²) >= 11 is 5.57. The first-order chi connectivity index (χ1) is 9.27. The van der Waals surface area contributed by atoms with Gasteiger partial charge in [0.2, 0.25) is 10.0 Å². The summed E-state index contributed by atoms with van der Waals surface area (Å²) in [6.45, 7) is 0. The van der Waals surface area contributed by atoms with Gasteiger partial charge in [0.25, 0.3) is 0 Å². The molecule has 0 spiro atoms. The van der Waals surface area contributed by atoms with Crippen LogP contribution in [-0.2, 0) is 14.8 Å². The third-order valence-corrected chi connectivity index (χ3v) is 5.18. The number of rotatable bonds is 4. The molecule has 110 valence electrons. The summed E-state index contributed by atoms with van der Waals surface area (Å²) in [6, 6.07) is 3.13. The van der Waals surface area contributed by atoms with E-state index in [1.807, 2.05) is 0 Å². The Morgan fingerprint density at radius 3 is 2.45 bits per heavy atom. The monoisotopic (exact) mass is 321 g/mol. The second kappa shape index (κ2) is 5.31. The van der Waals surface area contributed by atoms with Crippen LogP contribution in [0.2, 0.25) is 5.02 Å². The highest BCUT2D eigenvalue weighted by Crippen LogP contribution is 2.32. The molecule has 1 saturated carbocycles. The van der Waals surface area contributed by atoms with Gasteiger partial charge in [-0.15, -0.1) is 0 Å². The number of sulfonamides is 1. The number of carboxylic acid groups (broad SMARTS) is 1. The Hall–Kier alpha value is -1.18. The van der Waals surface area contributed by atoms with Crippen LogP contribution >= 0.6 is 11.6 Å². The summed E-state index contributed by atoms with van der Waals surface area (Å²) in [7, 11) is -4.26. The molecule has 20 heavy (non-hydrogen) atoms. The van der Waals surface area contributed by atoms with Crippen molar-refractivity contribution in [2.75, 3.05) is 0 Å². The van der Waals surface area contributed by atoms with Crippen LogP contribution < -0.4 is 4.72 Å². The van der Waals surface area contributed by atoms with Crippen molar-refractivity contribution in [3.05, 3.63) is 29.0 Å². The molecule has 8 heteroatoms. The molecule has 1 aromatic rings. The number of carboxylic acids is 1. The predicted molar refractivity (Wildman–Crippen MR) is 70.6 cm³/mol. The number of hydrogen-bond donors (Lipinski definition) is 2. The van der Waals surface area contributed by atoms with E-state index in [1.54, 1.807) is 0 Å². The van der Waals surface area contributed by atoms with Crippen LogP contribution in [0.1, 0.15) is 25.7 Å². The topological polar surface area (TPSA) is 83.5 Å². The van der Waals surface area contributed by atoms with Crippen LogP contribution in [0.5, 0.6) is 0 Å². The minimum absolute atomic E-state index is 0.0651. The SMILES string of the molecule is O=C(O)C1(NS(=O)(=O)c2ccc(Cl)cc2F)CCCC1. The minimum atomic E-state index is -4.26. The van der Waals surface area contributed by atoms with Gasteiger partial charge in [0.05, 0.1) is 0 Å². The first-order valence-corrected chi connectivity index (χ1v) is 7.85. The van der Waals surface area contributed by atoms with Crippen molar-refractivity contribution in [2.45, 2.75) is 36.1 Å². The molecule has 0 atom stereocenters. The van der Waals surface area contributed by atoms with Gasteiger partial charge in [0.15, 0.2) is 0 Å². The van der Waals surface area contributed by atoms with Gasteiger partial charge in [-0.1, -0.05) is 24.4 Å². The lowest BCUT2D eigenvalue weighted by molar-refractivity contribution is -0.143. The highest BCUT2D eigenvalue weighted by atomic mass is 35.5. The fourth-order valence-electron chi connectivity index (χ4n) is 2.34. The van der Waals surface area contributed by atoms with Crippen LogP contribution in [-0.4, -0.2) is 25.0 Å². The lowest BCUT2D eigenvalue weighted by Gasteiger charge is -2.25. The predicted octanol–water partition coefficient (Wildman–Crippen LogP) is 2.15. The fourth-order valence-corrected chi connectivity index (χ4v) is 3.98. The number of halogens is 2. The van der Waals surface area contributed by atoms with Crippen LogP contribution in [0.15, 0.2) is 23.1 Å². The molecule has 1 aromatic carbocycles. The van der Waals surface area contributed by atoms with Crippen molar-refractivity contribution in [3.63, 3.8) is 0 Å². The van der Waals surface area contributed by atoms with Gasteiger partial charge < -0.3 is 5.11 Å². The highest BCUT2D eigenvalue weighted by molar-refractivity contribution is 7.89. The van der Waals surface area contributed by atoms with Gasteiger partial charge in [0, 0.05) is 5.02 Å². The molecule has 5 nitrogen and oxygen atoms in total. The van der Waals surface area contributed by atoms with Crippen LogP contribution in [0.3, 0.4) is 0 Å². The van der Waals surface area contributed by atoms with Crippen LogP contribution in [0.25, 0.3) is 0 Å². The maximum absolute atomic E-state index is 13.7. The zero-order chi connectivity index (χ0) is 15.0. The summed E-state index contributed by atoms with van der Waals surface area (Å²) < 4.78 is 40.2. The largest absolute Gasteiger partial charge is 0.480 e. The van der Waals surface area contributed by atoms with Gasteiger partial charge in [0.1, 0.15) is 16.3 Å². The van der Waals surface area contributed by atoms with Gasteiger partial charge in [-0.25, -0.2) is 12.8 Å². The van der Waals surface area contributed by atoms with Gasteiger partial charge in [-0.05, 0) is 31.0 Å². The van der Waals surface area contributed by atoms with Crippen molar-refractivity contribution < 1.29 is 22.7 Å². The third kappa shape index (κ3) is 2.79. The van der Waals surface area contributed by atoms with Crippen LogP contribution in [0.4, 0.5) is 4.39 Å². The lowest BCUT2D eigenvalue weighted by Crippen LogP contribution is -2.52. The minimum Gasteiger partial charge on any atom is -0.480 e. The maximum atomic E-state index is 13.7. The van der Waals surface area contributed by atoms with E-state index in [4.69, 9.17) is 11.6 Å². The Morgan fingerprint density at radius 1 is 1.35 bits per heavy atom. The van der Waals surface area contributed by atoms with E-state index in [1.165, 1.54) is 6.07 Å². The van der Waals surface area contributed by atoms with Crippen molar-refractivity contribution in [3.8, 4) is 0 Å².